The Bertz CT molecular complexity index is 386. The van der Waals surface area contributed by atoms with E-state index in [1.54, 1.807) is 26.1 Å². The smallest absolute Gasteiger partial charge is 0.248 e. The number of Topliss-reactive ketones (excluding diaryl/α,β-unsaturated/α-hetero) is 1. The number of hydrogen-bond donors (Lipinski definition) is 2. The van der Waals surface area contributed by atoms with Crippen LogP contribution < -0.4 is 11.1 Å². The first-order chi connectivity index (χ1) is 9.54. The van der Waals surface area contributed by atoms with E-state index in [4.69, 9.17) is 5.73 Å². The molecule has 0 bridgehead atoms. The third-order valence-corrected chi connectivity index (χ3v) is 2.52. The predicted octanol–water partition coefficient (Wildman–Crippen LogP) is 2.56. The number of benzene rings is 1. The van der Waals surface area contributed by atoms with E-state index in [9.17, 15) is 9.59 Å². The maximum Gasteiger partial charge on any atom is 0.248 e. The van der Waals surface area contributed by atoms with Gasteiger partial charge in [0.1, 0.15) is 5.78 Å². The Hall–Kier alpha value is -1.68. The second-order valence-electron chi connectivity index (χ2n) is 3.72. The molecule has 0 aliphatic carbocycles. The molecule has 1 aromatic rings. The molecule has 1 rings (SSSR count). The lowest BCUT2D eigenvalue weighted by atomic mass is 10.0. The molecule has 0 aliphatic rings. The van der Waals surface area contributed by atoms with E-state index in [-0.39, 0.29) is 11.8 Å². The standard InChI is InChI=1S/C12H16N2O2.2C2H6/c1-8(15)11(14-2)7-9-3-5-10(6-4-9)12(13)16;2*1-2/h3-6,11,14H,7H2,1-2H3,(H2,13,16);2*1-2H3. The first kappa shape index (κ1) is 20.6. The molecule has 4 heteroatoms. The van der Waals surface area contributed by atoms with Gasteiger partial charge in [0.25, 0.3) is 0 Å². The van der Waals surface area contributed by atoms with Crippen molar-refractivity contribution in [2.75, 3.05) is 7.05 Å². The molecule has 3 N–H and O–H groups in total. The molecule has 4 nitrogen and oxygen atoms in total. The fourth-order valence-electron chi connectivity index (χ4n) is 1.49. The number of carbonyl (C=O) groups is 2. The Morgan fingerprint density at radius 2 is 1.55 bits per heavy atom. The van der Waals surface area contributed by atoms with Gasteiger partial charge in [-0.15, -0.1) is 0 Å². The number of rotatable bonds is 5. The van der Waals surface area contributed by atoms with Crippen molar-refractivity contribution in [2.24, 2.45) is 5.73 Å². The summed E-state index contributed by atoms with van der Waals surface area (Å²) in [7, 11) is 1.75. The Kier molecular flexibility index (Phi) is 12.8. The normalized spacial score (nSPS) is 10.3. The van der Waals surface area contributed by atoms with Crippen molar-refractivity contribution in [2.45, 2.75) is 47.1 Å². The average molecular weight is 280 g/mol. The Balaban J connectivity index is 0. The second-order valence-corrected chi connectivity index (χ2v) is 3.72. The third-order valence-electron chi connectivity index (χ3n) is 2.52. The zero-order chi connectivity index (χ0) is 16.1. The van der Waals surface area contributed by atoms with E-state index in [1.165, 1.54) is 0 Å². The van der Waals surface area contributed by atoms with Crippen molar-refractivity contribution < 1.29 is 9.59 Å². The molecular weight excluding hydrogens is 252 g/mol. The van der Waals surface area contributed by atoms with Crippen LogP contribution in [0.1, 0.15) is 50.5 Å². The Morgan fingerprint density at radius 1 is 1.10 bits per heavy atom. The van der Waals surface area contributed by atoms with Crippen molar-refractivity contribution in [3.63, 3.8) is 0 Å². The number of hydrogen-bond acceptors (Lipinski definition) is 3. The molecule has 0 aliphatic heterocycles. The highest BCUT2D eigenvalue weighted by atomic mass is 16.1. The number of nitrogens with two attached hydrogens (primary N) is 1. The molecule has 1 unspecified atom stereocenters. The molecule has 1 amide bonds. The number of nitrogens with one attached hydrogen (secondary N) is 1. The highest BCUT2D eigenvalue weighted by Gasteiger charge is 2.12. The Labute approximate surface area is 122 Å². The molecule has 1 atom stereocenters. The van der Waals surface area contributed by atoms with Gasteiger partial charge in [-0.3, -0.25) is 9.59 Å². The summed E-state index contributed by atoms with van der Waals surface area (Å²) in [6.07, 6.45) is 0.616. The van der Waals surface area contributed by atoms with Gasteiger partial charge in [0.2, 0.25) is 5.91 Å². The number of ketones is 1. The lowest BCUT2D eigenvalue weighted by molar-refractivity contribution is -0.118. The van der Waals surface area contributed by atoms with Crippen molar-refractivity contribution >= 4 is 11.7 Å². The van der Waals surface area contributed by atoms with Crippen LogP contribution in [0.2, 0.25) is 0 Å². The number of likely N-dealkylation sites (N-methyl/N-ethyl adjacent to an activating group) is 1. The lowest BCUT2D eigenvalue weighted by Gasteiger charge is -2.12. The van der Waals surface area contributed by atoms with E-state index in [1.807, 2.05) is 39.8 Å². The van der Waals surface area contributed by atoms with E-state index < -0.39 is 5.91 Å². The van der Waals surface area contributed by atoms with Gasteiger partial charge in [-0.2, -0.15) is 0 Å². The first-order valence-electron chi connectivity index (χ1n) is 7.11. The second kappa shape index (κ2) is 12.4. The van der Waals surface area contributed by atoms with Gasteiger partial charge in [0.05, 0.1) is 6.04 Å². The van der Waals surface area contributed by atoms with Crippen LogP contribution in [0.25, 0.3) is 0 Å². The highest BCUT2D eigenvalue weighted by Crippen LogP contribution is 2.07. The molecule has 20 heavy (non-hydrogen) atoms. The summed E-state index contributed by atoms with van der Waals surface area (Å²) in [6, 6.07) is 6.79. The van der Waals surface area contributed by atoms with Gasteiger partial charge < -0.3 is 11.1 Å². The maximum absolute atomic E-state index is 11.2. The monoisotopic (exact) mass is 280 g/mol. The minimum absolute atomic E-state index is 0.0986. The van der Waals surface area contributed by atoms with Crippen LogP contribution in [0.5, 0.6) is 0 Å². The summed E-state index contributed by atoms with van der Waals surface area (Å²) in [5, 5.41) is 2.95. The highest BCUT2D eigenvalue weighted by molar-refractivity contribution is 5.92. The topological polar surface area (TPSA) is 72.2 Å². The molecule has 0 aromatic heterocycles. The number of amides is 1. The van der Waals surface area contributed by atoms with E-state index >= 15 is 0 Å². The van der Waals surface area contributed by atoms with Crippen LogP contribution in [-0.4, -0.2) is 24.8 Å². The summed E-state index contributed by atoms with van der Waals surface area (Å²) in [5.41, 5.74) is 6.61. The summed E-state index contributed by atoms with van der Waals surface area (Å²) < 4.78 is 0. The van der Waals surface area contributed by atoms with Gasteiger partial charge in [0.15, 0.2) is 0 Å². The zero-order valence-electron chi connectivity index (χ0n) is 13.5. The van der Waals surface area contributed by atoms with Gasteiger partial charge in [-0.1, -0.05) is 39.8 Å². The Morgan fingerprint density at radius 3 is 1.85 bits per heavy atom. The van der Waals surface area contributed by atoms with Crippen molar-refractivity contribution in [3.05, 3.63) is 35.4 Å². The van der Waals surface area contributed by atoms with Crippen LogP contribution >= 0.6 is 0 Å². The van der Waals surface area contributed by atoms with Gasteiger partial charge in [-0.05, 0) is 38.1 Å². The average Bonchev–Trinajstić information content (AvgIpc) is 2.49. The van der Waals surface area contributed by atoms with E-state index in [0.717, 1.165) is 5.56 Å². The van der Waals surface area contributed by atoms with Crippen LogP contribution in [0.3, 0.4) is 0 Å². The molecule has 0 saturated heterocycles. The molecule has 0 heterocycles. The summed E-state index contributed by atoms with van der Waals surface area (Å²) in [5.74, 6) is -0.343. The van der Waals surface area contributed by atoms with Crippen LogP contribution in [-0.2, 0) is 11.2 Å². The molecular formula is C16H28N2O2. The molecule has 114 valence electrons. The SMILES string of the molecule is CC.CC.CNC(Cc1ccc(C(N)=O)cc1)C(C)=O. The van der Waals surface area contributed by atoms with Crippen molar-refractivity contribution in [1.82, 2.24) is 5.32 Å². The van der Waals surface area contributed by atoms with Crippen LogP contribution in [0, 0.1) is 0 Å². The van der Waals surface area contributed by atoms with Crippen LogP contribution in [0.4, 0.5) is 0 Å². The largest absolute Gasteiger partial charge is 0.366 e. The lowest BCUT2D eigenvalue weighted by Crippen LogP contribution is -2.34. The van der Waals surface area contributed by atoms with Crippen molar-refractivity contribution in [1.29, 1.82) is 0 Å². The molecule has 0 spiro atoms. The summed E-state index contributed by atoms with van der Waals surface area (Å²) >= 11 is 0. The molecule has 0 fully saturated rings. The first-order valence-corrected chi connectivity index (χ1v) is 7.11. The quantitative estimate of drug-likeness (QED) is 0.870. The maximum atomic E-state index is 11.2. The third kappa shape index (κ3) is 7.69. The van der Waals surface area contributed by atoms with E-state index in [2.05, 4.69) is 5.32 Å². The summed E-state index contributed by atoms with van der Waals surface area (Å²) in [6.45, 7) is 9.55. The van der Waals surface area contributed by atoms with Gasteiger partial charge >= 0.3 is 0 Å². The van der Waals surface area contributed by atoms with Crippen molar-refractivity contribution in [3.8, 4) is 0 Å². The zero-order valence-corrected chi connectivity index (χ0v) is 13.5. The number of primary amides is 1. The van der Waals surface area contributed by atoms with Gasteiger partial charge in [-0.25, -0.2) is 0 Å². The predicted molar refractivity (Wildman–Crippen MR) is 84.9 cm³/mol. The van der Waals surface area contributed by atoms with E-state index in [0.29, 0.717) is 12.0 Å². The summed E-state index contributed by atoms with van der Waals surface area (Å²) in [4.78, 5) is 22.1. The minimum Gasteiger partial charge on any atom is -0.366 e. The molecule has 1 aromatic carbocycles. The minimum atomic E-state index is -0.441. The molecule has 0 saturated carbocycles. The fraction of sp³-hybridized carbons (Fsp3) is 0.500. The van der Waals surface area contributed by atoms with Gasteiger partial charge in [0, 0.05) is 5.56 Å². The fourth-order valence-corrected chi connectivity index (χ4v) is 1.49. The molecule has 0 radical (unpaired) electrons. The van der Waals surface area contributed by atoms with Crippen LogP contribution in [0.15, 0.2) is 24.3 Å². The number of carbonyl (C=O) groups excluding carboxylic acids is 2.